The molecule has 0 aromatic heterocycles. The Labute approximate surface area is 134 Å². The number of benzene rings is 2. The maximum atomic E-state index is 11.1. The number of aryl methyl sites for hydroxylation is 1. The molecule has 0 radical (unpaired) electrons. The largest absolute Gasteiger partial charge is 0.379 e. The van der Waals surface area contributed by atoms with Gasteiger partial charge in [0.25, 0.3) is 0 Å². The van der Waals surface area contributed by atoms with Crippen molar-refractivity contribution in [3.8, 4) is 0 Å². The van der Waals surface area contributed by atoms with Crippen LogP contribution in [-0.2, 0) is 6.54 Å². The molecule has 3 N–H and O–H groups in total. The van der Waals surface area contributed by atoms with Gasteiger partial charge in [0.1, 0.15) is 0 Å². The molecule has 0 spiro atoms. The summed E-state index contributed by atoms with van der Waals surface area (Å²) in [4.78, 5) is 11.1. The van der Waals surface area contributed by atoms with Gasteiger partial charge in [0.2, 0.25) is 5.91 Å². The van der Waals surface area contributed by atoms with E-state index in [1.165, 1.54) is 0 Å². The topological polar surface area (TPSA) is 55.1 Å². The summed E-state index contributed by atoms with van der Waals surface area (Å²) in [7, 11) is 0. The maximum Gasteiger partial charge on any atom is 0.248 e. The van der Waals surface area contributed by atoms with E-state index in [-0.39, 0.29) is 0 Å². The highest BCUT2D eigenvalue weighted by atomic mass is 79.9. The van der Waals surface area contributed by atoms with Gasteiger partial charge in [-0.1, -0.05) is 12.1 Å². The number of amides is 1. The average molecular weight is 398 g/mol. The molecule has 20 heavy (non-hydrogen) atoms. The molecule has 0 fully saturated rings. The molecule has 3 nitrogen and oxygen atoms in total. The van der Waals surface area contributed by atoms with E-state index in [1.807, 2.05) is 37.3 Å². The van der Waals surface area contributed by atoms with Gasteiger partial charge in [-0.15, -0.1) is 0 Å². The fourth-order valence-corrected chi connectivity index (χ4v) is 3.18. The lowest BCUT2D eigenvalue weighted by Gasteiger charge is -2.13. The number of primary amides is 1. The molecule has 104 valence electrons. The third-order valence-electron chi connectivity index (χ3n) is 3.05. The van der Waals surface area contributed by atoms with Crippen LogP contribution in [0.1, 0.15) is 21.5 Å². The second-order valence-corrected chi connectivity index (χ2v) is 6.16. The summed E-state index contributed by atoms with van der Waals surface area (Å²) in [6.45, 7) is 2.64. The third kappa shape index (κ3) is 3.41. The molecule has 0 bridgehead atoms. The standard InChI is InChI=1S/C15H14Br2N2O/c1-9-7-10(15(18)20)5-6-11(9)8-19-14-12(16)3-2-4-13(14)17/h2-7,19H,8H2,1H3,(H2,18,20). The van der Waals surface area contributed by atoms with Crippen molar-refractivity contribution in [3.63, 3.8) is 0 Å². The van der Waals surface area contributed by atoms with Gasteiger partial charge >= 0.3 is 0 Å². The van der Waals surface area contributed by atoms with Crippen LogP contribution in [0.2, 0.25) is 0 Å². The first-order valence-electron chi connectivity index (χ1n) is 6.06. The van der Waals surface area contributed by atoms with E-state index in [9.17, 15) is 4.79 Å². The Balaban J connectivity index is 2.17. The molecule has 5 heteroatoms. The van der Waals surface area contributed by atoms with E-state index in [4.69, 9.17) is 5.73 Å². The molecule has 2 aromatic carbocycles. The first-order valence-corrected chi connectivity index (χ1v) is 7.65. The number of para-hydroxylation sites is 1. The van der Waals surface area contributed by atoms with Crippen molar-refractivity contribution in [1.29, 1.82) is 0 Å². The van der Waals surface area contributed by atoms with Crippen molar-refractivity contribution in [2.75, 3.05) is 5.32 Å². The first-order chi connectivity index (χ1) is 9.49. The van der Waals surface area contributed by atoms with Crippen molar-refractivity contribution in [3.05, 3.63) is 62.0 Å². The molecule has 0 aliphatic carbocycles. The second kappa shape index (κ2) is 6.41. The minimum Gasteiger partial charge on any atom is -0.379 e. The van der Waals surface area contributed by atoms with Crippen LogP contribution < -0.4 is 11.1 Å². The van der Waals surface area contributed by atoms with E-state index >= 15 is 0 Å². The number of nitrogens with two attached hydrogens (primary N) is 1. The normalized spacial score (nSPS) is 10.3. The molecular weight excluding hydrogens is 384 g/mol. The lowest BCUT2D eigenvalue weighted by Crippen LogP contribution is -2.12. The summed E-state index contributed by atoms with van der Waals surface area (Å²) < 4.78 is 2.00. The zero-order chi connectivity index (χ0) is 14.7. The zero-order valence-corrected chi connectivity index (χ0v) is 14.1. The highest BCUT2D eigenvalue weighted by Crippen LogP contribution is 2.31. The van der Waals surface area contributed by atoms with Gasteiger partial charge in [-0.05, 0) is 74.2 Å². The average Bonchev–Trinajstić information content (AvgIpc) is 2.39. The second-order valence-electron chi connectivity index (χ2n) is 4.46. The summed E-state index contributed by atoms with van der Waals surface area (Å²) in [6.07, 6.45) is 0. The van der Waals surface area contributed by atoms with Crippen molar-refractivity contribution in [2.24, 2.45) is 5.73 Å². The number of carbonyl (C=O) groups is 1. The van der Waals surface area contributed by atoms with Gasteiger partial charge in [-0.25, -0.2) is 0 Å². The minimum atomic E-state index is -0.402. The summed E-state index contributed by atoms with van der Waals surface area (Å²) >= 11 is 7.03. The van der Waals surface area contributed by atoms with Crippen molar-refractivity contribution in [1.82, 2.24) is 0 Å². The fraction of sp³-hybridized carbons (Fsp3) is 0.133. The Morgan fingerprint density at radius 1 is 1.20 bits per heavy atom. The van der Waals surface area contributed by atoms with Gasteiger partial charge in [-0.2, -0.15) is 0 Å². The fourth-order valence-electron chi connectivity index (χ4n) is 1.90. The Bertz CT molecular complexity index is 636. The lowest BCUT2D eigenvalue weighted by molar-refractivity contribution is 0.1000. The quantitative estimate of drug-likeness (QED) is 0.810. The van der Waals surface area contributed by atoms with Gasteiger partial charge in [0.15, 0.2) is 0 Å². The van der Waals surface area contributed by atoms with Crippen molar-refractivity contribution in [2.45, 2.75) is 13.5 Å². The van der Waals surface area contributed by atoms with Crippen LogP contribution in [-0.4, -0.2) is 5.91 Å². The molecule has 0 saturated heterocycles. The number of halogens is 2. The van der Waals surface area contributed by atoms with E-state index in [1.54, 1.807) is 6.07 Å². The molecule has 0 aliphatic rings. The number of rotatable bonds is 4. The minimum absolute atomic E-state index is 0.402. The maximum absolute atomic E-state index is 11.1. The van der Waals surface area contributed by atoms with Gasteiger partial charge in [0, 0.05) is 21.1 Å². The number of nitrogens with one attached hydrogen (secondary N) is 1. The Morgan fingerprint density at radius 2 is 1.85 bits per heavy atom. The number of hydrogen-bond acceptors (Lipinski definition) is 2. The zero-order valence-electron chi connectivity index (χ0n) is 10.9. The van der Waals surface area contributed by atoms with Crippen LogP contribution in [0, 0.1) is 6.92 Å². The summed E-state index contributed by atoms with van der Waals surface area (Å²) in [5, 5.41) is 3.38. The number of carbonyl (C=O) groups excluding carboxylic acids is 1. The molecule has 0 aliphatic heterocycles. The number of hydrogen-bond donors (Lipinski definition) is 2. The summed E-state index contributed by atoms with van der Waals surface area (Å²) in [6, 6.07) is 11.4. The Kier molecular flexibility index (Phi) is 4.83. The molecule has 0 saturated carbocycles. The van der Waals surface area contributed by atoms with Gasteiger partial charge in [0.05, 0.1) is 5.69 Å². The van der Waals surface area contributed by atoms with Crippen LogP contribution >= 0.6 is 31.9 Å². The molecule has 0 unspecified atom stereocenters. The lowest BCUT2D eigenvalue weighted by atomic mass is 10.0. The predicted molar refractivity (Wildman–Crippen MR) is 88.9 cm³/mol. The van der Waals surface area contributed by atoms with E-state index in [0.29, 0.717) is 12.1 Å². The first kappa shape index (κ1) is 15.1. The monoisotopic (exact) mass is 396 g/mol. The van der Waals surface area contributed by atoms with Crippen molar-refractivity contribution < 1.29 is 4.79 Å². The highest BCUT2D eigenvalue weighted by molar-refractivity contribution is 9.11. The third-order valence-corrected chi connectivity index (χ3v) is 4.37. The molecule has 2 aromatic rings. The van der Waals surface area contributed by atoms with Crippen LogP contribution in [0.25, 0.3) is 0 Å². The molecule has 0 atom stereocenters. The molecule has 2 rings (SSSR count). The van der Waals surface area contributed by atoms with E-state index in [0.717, 1.165) is 25.8 Å². The Morgan fingerprint density at radius 3 is 2.40 bits per heavy atom. The van der Waals surface area contributed by atoms with E-state index in [2.05, 4.69) is 37.2 Å². The number of anilines is 1. The van der Waals surface area contributed by atoms with Gasteiger partial charge < -0.3 is 11.1 Å². The van der Waals surface area contributed by atoms with Crippen LogP contribution in [0.3, 0.4) is 0 Å². The molecule has 1 amide bonds. The van der Waals surface area contributed by atoms with Crippen LogP contribution in [0.15, 0.2) is 45.3 Å². The summed E-state index contributed by atoms with van der Waals surface area (Å²) in [5.74, 6) is -0.402. The Hall–Kier alpha value is -1.33. The smallest absolute Gasteiger partial charge is 0.248 e. The molecular formula is C15H14Br2N2O. The highest BCUT2D eigenvalue weighted by Gasteiger charge is 2.07. The summed E-state index contributed by atoms with van der Waals surface area (Å²) in [5.41, 5.74) is 8.97. The van der Waals surface area contributed by atoms with Crippen LogP contribution in [0.4, 0.5) is 5.69 Å². The van der Waals surface area contributed by atoms with Crippen LogP contribution in [0.5, 0.6) is 0 Å². The van der Waals surface area contributed by atoms with Gasteiger partial charge in [-0.3, -0.25) is 4.79 Å². The van der Waals surface area contributed by atoms with Crippen molar-refractivity contribution >= 4 is 43.5 Å². The predicted octanol–water partition coefficient (Wildman–Crippen LogP) is 4.23. The van der Waals surface area contributed by atoms with E-state index < -0.39 is 5.91 Å². The molecule has 0 heterocycles. The SMILES string of the molecule is Cc1cc(C(N)=O)ccc1CNc1c(Br)cccc1Br.